The fraction of sp³-hybridized carbons (Fsp3) is 0.278. The molecule has 2 aromatic carbocycles. The molecular weight excluding hydrogens is 558 g/mol. The van der Waals surface area contributed by atoms with Crippen LogP contribution in [0.2, 0.25) is 6.04 Å². The largest absolute Gasteiger partial charge is 2.00 e. The van der Waals surface area contributed by atoms with E-state index in [9.17, 15) is 5.11 Å². The third-order valence-corrected chi connectivity index (χ3v) is 4.70. The quantitative estimate of drug-likeness (QED) is 0.174. The normalized spacial score (nSPS) is 12.3. The maximum absolute atomic E-state index is 10.0. The van der Waals surface area contributed by atoms with Crippen molar-refractivity contribution in [1.29, 1.82) is 0 Å². The summed E-state index contributed by atoms with van der Waals surface area (Å²) >= 11 is 0. The van der Waals surface area contributed by atoms with E-state index < -0.39 is 8.80 Å². The summed E-state index contributed by atoms with van der Waals surface area (Å²) in [4.78, 5) is 31.3. The number of phenolic OH excluding ortho intramolecular Hbond substituents is 1. The molecule has 27 heavy (non-hydrogen) atoms. The average Bonchev–Trinajstić information content (AvgIpc) is 2.57. The summed E-state index contributed by atoms with van der Waals surface area (Å²) in [6.07, 6.45) is 0.348. The second-order valence-electron chi connectivity index (χ2n) is 6.09. The molecule has 2 rings (SSSR count). The zero-order valence-electron chi connectivity index (χ0n) is 15.3. The SMILES string of the molecule is CC(=NCCC[Si](O)(O)O)c1cc(N=Nc2cccc(C)c2)ccc1O.[Pb+2]. The molecule has 0 aliphatic rings. The van der Waals surface area contributed by atoms with Crippen LogP contribution < -0.4 is 0 Å². The van der Waals surface area contributed by atoms with Gasteiger partial charge in [0.15, 0.2) is 0 Å². The predicted octanol–water partition coefficient (Wildman–Crippen LogP) is 2.85. The van der Waals surface area contributed by atoms with E-state index in [1.807, 2.05) is 31.2 Å². The first-order valence-corrected chi connectivity index (χ1v) is 10.3. The summed E-state index contributed by atoms with van der Waals surface area (Å²) in [6.45, 7) is 4.04. The molecule has 7 nitrogen and oxygen atoms in total. The van der Waals surface area contributed by atoms with E-state index in [1.54, 1.807) is 19.1 Å². The van der Waals surface area contributed by atoms with Gasteiger partial charge in [0.25, 0.3) is 0 Å². The van der Waals surface area contributed by atoms with Gasteiger partial charge in [-0.1, -0.05) is 12.1 Å². The van der Waals surface area contributed by atoms with Gasteiger partial charge in [-0.25, -0.2) is 0 Å². The van der Waals surface area contributed by atoms with Gasteiger partial charge in [-0.2, -0.15) is 10.2 Å². The van der Waals surface area contributed by atoms with E-state index in [1.165, 1.54) is 6.07 Å². The molecule has 2 radical (unpaired) electrons. The van der Waals surface area contributed by atoms with E-state index in [0.29, 0.717) is 29.9 Å². The molecule has 0 bridgehead atoms. The van der Waals surface area contributed by atoms with E-state index in [2.05, 4.69) is 15.2 Å². The Morgan fingerprint density at radius 2 is 1.67 bits per heavy atom. The van der Waals surface area contributed by atoms with Crippen molar-refractivity contribution >= 4 is 53.2 Å². The molecule has 0 saturated heterocycles. The molecule has 140 valence electrons. The third-order valence-electron chi connectivity index (χ3n) is 3.67. The Morgan fingerprint density at radius 3 is 2.30 bits per heavy atom. The van der Waals surface area contributed by atoms with E-state index in [0.717, 1.165) is 11.3 Å². The first-order valence-electron chi connectivity index (χ1n) is 8.24. The van der Waals surface area contributed by atoms with Crippen LogP contribution in [-0.2, 0) is 0 Å². The van der Waals surface area contributed by atoms with Crippen molar-refractivity contribution in [3.63, 3.8) is 0 Å². The van der Waals surface area contributed by atoms with E-state index in [4.69, 9.17) is 14.4 Å². The average molecular weight is 581 g/mol. The van der Waals surface area contributed by atoms with Crippen LogP contribution >= 0.6 is 0 Å². The molecule has 0 aliphatic carbocycles. The minimum Gasteiger partial charge on any atom is -0.507 e. The van der Waals surface area contributed by atoms with Crippen LogP contribution in [0.3, 0.4) is 0 Å². The number of phenols is 1. The minimum atomic E-state index is -4.02. The van der Waals surface area contributed by atoms with Crippen LogP contribution in [0.15, 0.2) is 57.7 Å². The third kappa shape index (κ3) is 8.39. The number of aromatic hydroxyl groups is 1. The second-order valence-corrected chi connectivity index (χ2v) is 8.13. The number of aliphatic imine (C=N–C) groups is 1. The molecule has 0 fully saturated rings. The number of nitrogens with zero attached hydrogens (tertiary/aromatic N) is 3. The Morgan fingerprint density at radius 1 is 1.00 bits per heavy atom. The molecular formula is C18H23N3O4PbSi+2. The zero-order valence-corrected chi connectivity index (χ0v) is 20.2. The molecule has 9 heteroatoms. The fourth-order valence-electron chi connectivity index (χ4n) is 2.33. The first kappa shape index (κ1) is 23.6. The van der Waals surface area contributed by atoms with Gasteiger partial charge in [0.2, 0.25) is 0 Å². The van der Waals surface area contributed by atoms with Crippen molar-refractivity contribution in [3.8, 4) is 5.75 Å². The summed E-state index contributed by atoms with van der Waals surface area (Å²) in [7, 11) is -4.02. The van der Waals surface area contributed by atoms with Gasteiger partial charge in [-0.3, -0.25) is 4.99 Å². The van der Waals surface area contributed by atoms with Gasteiger partial charge in [0.1, 0.15) is 5.75 Å². The number of azo groups is 1. The first-order chi connectivity index (χ1) is 12.2. The molecule has 0 atom stereocenters. The second kappa shape index (κ2) is 10.8. The molecule has 0 aliphatic heterocycles. The number of hydrogen-bond donors (Lipinski definition) is 4. The molecule has 0 amide bonds. The molecule has 0 heterocycles. The van der Waals surface area contributed by atoms with Gasteiger partial charge >= 0.3 is 36.1 Å². The van der Waals surface area contributed by atoms with Crippen LogP contribution in [0.25, 0.3) is 0 Å². The summed E-state index contributed by atoms with van der Waals surface area (Å²) < 4.78 is 0. The van der Waals surface area contributed by atoms with Crippen LogP contribution in [0, 0.1) is 6.92 Å². The molecule has 0 saturated carbocycles. The van der Waals surface area contributed by atoms with Gasteiger partial charge in [-0.15, -0.1) is 0 Å². The molecule has 0 aromatic heterocycles. The number of benzene rings is 2. The minimum absolute atomic E-state index is 0. The maximum atomic E-state index is 10.0. The van der Waals surface area contributed by atoms with Crippen LogP contribution in [0.4, 0.5) is 11.4 Å². The summed E-state index contributed by atoms with van der Waals surface area (Å²) in [5.74, 6) is 0.0796. The smallest absolute Gasteiger partial charge is 0.507 e. The standard InChI is InChI=1S/C18H23N3O4Si.Pb/c1-13-5-3-6-15(11-13)20-21-16-7-8-18(22)17(12-16)14(2)19-9-4-10-26(23,24)25;/h3,5-8,11-12,22-25H,4,9-10H2,1-2H3;/q;+2. The Kier molecular flexibility index (Phi) is 9.39. The van der Waals surface area contributed by atoms with Gasteiger partial charge < -0.3 is 19.5 Å². The van der Waals surface area contributed by atoms with Crippen molar-refractivity contribution in [3.05, 3.63) is 53.6 Å². The number of rotatable bonds is 7. The summed E-state index contributed by atoms with van der Waals surface area (Å²) in [6, 6.07) is 12.5. The van der Waals surface area contributed by atoms with E-state index >= 15 is 0 Å². The maximum Gasteiger partial charge on any atom is 2.00 e. The topological polar surface area (TPSA) is 118 Å². The van der Waals surface area contributed by atoms with Crippen LogP contribution in [0.1, 0.15) is 24.5 Å². The molecule has 0 spiro atoms. The number of hydrogen-bond acceptors (Lipinski definition) is 7. The summed E-state index contributed by atoms with van der Waals surface area (Å²) in [5.41, 5.74) is 3.55. The van der Waals surface area contributed by atoms with Gasteiger partial charge in [-0.05, 0) is 56.2 Å². The molecule has 4 N–H and O–H groups in total. The molecule has 0 unspecified atom stereocenters. The summed E-state index contributed by atoms with van der Waals surface area (Å²) in [5, 5.41) is 18.4. The van der Waals surface area contributed by atoms with Crippen molar-refractivity contribution in [2.24, 2.45) is 15.2 Å². The number of aryl methyl sites for hydroxylation is 1. The van der Waals surface area contributed by atoms with Crippen molar-refractivity contribution in [2.75, 3.05) is 6.54 Å². The van der Waals surface area contributed by atoms with Crippen molar-refractivity contribution in [2.45, 2.75) is 26.3 Å². The van der Waals surface area contributed by atoms with Crippen LogP contribution in [-0.4, -0.2) is 67.9 Å². The monoisotopic (exact) mass is 581 g/mol. The Balaban J connectivity index is 0.00000364. The Bertz CT molecular complexity index is 822. The Hall–Kier alpha value is -1.47. The zero-order chi connectivity index (χ0) is 19.2. The van der Waals surface area contributed by atoms with Crippen molar-refractivity contribution in [1.82, 2.24) is 0 Å². The predicted molar refractivity (Wildman–Crippen MR) is 108 cm³/mol. The van der Waals surface area contributed by atoms with E-state index in [-0.39, 0.29) is 39.1 Å². The fourth-order valence-corrected chi connectivity index (χ4v) is 2.96. The van der Waals surface area contributed by atoms with Crippen LogP contribution in [0.5, 0.6) is 5.75 Å². The van der Waals surface area contributed by atoms with Gasteiger partial charge in [0.05, 0.1) is 11.4 Å². The molecule has 2 aromatic rings. The van der Waals surface area contributed by atoms with Gasteiger partial charge in [0, 0.05) is 23.9 Å². The van der Waals surface area contributed by atoms with Crippen molar-refractivity contribution < 1.29 is 19.5 Å². The Labute approximate surface area is 179 Å².